The van der Waals surface area contributed by atoms with Crippen molar-refractivity contribution in [3.05, 3.63) is 12.7 Å². The number of ether oxygens (including phenoxy) is 1. The Labute approximate surface area is 116 Å². The van der Waals surface area contributed by atoms with Gasteiger partial charge in [0.15, 0.2) is 0 Å². The molecule has 4 nitrogen and oxygen atoms in total. The highest BCUT2D eigenvalue weighted by Gasteiger charge is 2.40. The highest BCUT2D eigenvalue weighted by atomic mass is 127. The zero-order chi connectivity index (χ0) is 13.0. The van der Waals surface area contributed by atoms with Crippen LogP contribution < -0.4 is 0 Å². The molecular formula is C12H18INO3. The molecule has 2 amide bonds. The number of allylic oxidation sites excluding steroid dienone is 1. The topological polar surface area (TPSA) is 46.6 Å². The van der Waals surface area contributed by atoms with Gasteiger partial charge in [0.1, 0.15) is 6.61 Å². The number of cyclic esters (lactones) is 1. The van der Waals surface area contributed by atoms with Crippen LogP contribution in [0.15, 0.2) is 12.7 Å². The van der Waals surface area contributed by atoms with Gasteiger partial charge in [0.2, 0.25) is 5.91 Å². The van der Waals surface area contributed by atoms with Crippen LogP contribution in [0.5, 0.6) is 0 Å². The van der Waals surface area contributed by atoms with Crippen LogP contribution in [0.3, 0.4) is 0 Å². The average Bonchev–Trinajstić information content (AvgIpc) is 2.65. The zero-order valence-corrected chi connectivity index (χ0v) is 12.3. The molecule has 0 saturated carbocycles. The molecule has 1 fully saturated rings. The van der Waals surface area contributed by atoms with Gasteiger partial charge in [-0.05, 0) is 18.8 Å². The maximum atomic E-state index is 12.2. The normalized spacial score (nSPS) is 21.5. The fraction of sp³-hybridized carbons (Fsp3) is 0.667. The van der Waals surface area contributed by atoms with Crippen LogP contribution in [0.2, 0.25) is 0 Å². The van der Waals surface area contributed by atoms with E-state index in [4.69, 9.17) is 4.74 Å². The number of halogens is 1. The summed E-state index contributed by atoms with van der Waals surface area (Å²) in [5.41, 5.74) is 0. The van der Waals surface area contributed by atoms with E-state index in [1.54, 1.807) is 6.08 Å². The molecule has 1 aliphatic rings. The van der Waals surface area contributed by atoms with Crippen LogP contribution in [-0.4, -0.2) is 33.5 Å². The lowest BCUT2D eigenvalue weighted by Crippen LogP contribution is -2.44. The molecule has 17 heavy (non-hydrogen) atoms. The summed E-state index contributed by atoms with van der Waals surface area (Å²) in [7, 11) is 0. The molecule has 0 aromatic carbocycles. The predicted molar refractivity (Wildman–Crippen MR) is 74.1 cm³/mol. The number of nitrogens with zero attached hydrogens (tertiary/aromatic N) is 1. The van der Waals surface area contributed by atoms with Gasteiger partial charge in [-0.15, -0.1) is 6.58 Å². The van der Waals surface area contributed by atoms with Crippen LogP contribution in [0.25, 0.3) is 0 Å². The van der Waals surface area contributed by atoms with Gasteiger partial charge in [0.05, 0.1) is 9.97 Å². The molecule has 5 heteroatoms. The number of imide groups is 1. The molecule has 0 radical (unpaired) electrons. The number of rotatable bonds is 5. The minimum Gasteiger partial charge on any atom is -0.447 e. The average molecular weight is 351 g/mol. The van der Waals surface area contributed by atoms with Crippen LogP contribution in [0, 0.1) is 5.92 Å². The first kappa shape index (κ1) is 14.5. The Hall–Kier alpha value is -0.590. The molecule has 0 aromatic heterocycles. The Bertz CT molecular complexity index is 317. The summed E-state index contributed by atoms with van der Waals surface area (Å²) in [5.74, 6) is 0.0636. The summed E-state index contributed by atoms with van der Waals surface area (Å²) in [4.78, 5) is 25.0. The molecule has 1 aliphatic heterocycles. The Morgan fingerprint density at radius 3 is 2.88 bits per heavy atom. The van der Waals surface area contributed by atoms with Crippen molar-refractivity contribution in [2.24, 2.45) is 5.92 Å². The smallest absolute Gasteiger partial charge is 0.417 e. The number of carbonyl (C=O) groups is 2. The van der Waals surface area contributed by atoms with Gasteiger partial charge >= 0.3 is 6.09 Å². The van der Waals surface area contributed by atoms with Crippen LogP contribution in [0.1, 0.15) is 26.7 Å². The standard InChI is InChI=1S/C12H18INO3/c1-4-5-6-9-7-17-12(16)14(9)11(15)10(13)8(2)3/h4,8-10H,1,5-7H2,2-3H3. The summed E-state index contributed by atoms with van der Waals surface area (Å²) < 4.78 is 4.76. The molecule has 1 rings (SSSR count). The highest BCUT2D eigenvalue weighted by molar-refractivity contribution is 14.1. The summed E-state index contributed by atoms with van der Waals surface area (Å²) in [6, 6.07) is -0.135. The molecule has 1 saturated heterocycles. The number of carbonyl (C=O) groups excluding carboxylic acids is 2. The first-order valence-corrected chi connectivity index (χ1v) is 6.98. The van der Waals surface area contributed by atoms with Crippen molar-refractivity contribution < 1.29 is 14.3 Å². The summed E-state index contributed by atoms with van der Waals surface area (Å²) in [6.45, 7) is 7.88. The SMILES string of the molecule is C=CCCC1COC(=O)N1C(=O)C(I)C(C)C. The van der Waals surface area contributed by atoms with E-state index in [0.717, 1.165) is 12.8 Å². The van der Waals surface area contributed by atoms with Gasteiger partial charge in [-0.1, -0.05) is 42.5 Å². The third-order valence-electron chi connectivity index (χ3n) is 2.72. The van der Waals surface area contributed by atoms with Gasteiger partial charge in [-0.25, -0.2) is 9.69 Å². The molecular weight excluding hydrogens is 333 g/mol. The van der Waals surface area contributed by atoms with Crippen LogP contribution in [0.4, 0.5) is 4.79 Å². The minimum atomic E-state index is -0.508. The first-order chi connectivity index (χ1) is 7.99. The second-order valence-corrected chi connectivity index (χ2v) is 5.79. The van der Waals surface area contributed by atoms with E-state index < -0.39 is 6.09 Å². The Balaban J connectivity index is 2.73. The van der Waals surface area contributed by atoms with Gasteiger partial charge in [0.25, 0.3) is 0 Å². The van der Waals surface area contributed by atoms with E-state index in [9.17, 15) is 9.59 Å². The van der Waals surface area contributed by atoms with Crippen molar-refractivity contribution >= 4 is 34.6 Å². The van der Waals surface area contributed by atoms with E-state index in [1.807, 2.05) is 13.8 Å². The molecule has 1 heterocycles. The fourth-order valence-corrected chi connectivity index (χ4v) is 1.97. The summed E-state index contributed by atoms with van der Waals surface area (Å²) in [6.07, 6.45) is 2.78. The lowest BCUT2D eigenvalue weighted by molar-refractivity contribution is -0.128. The largest absolute Gasteiger partial charge is 0.447 e. The van der Waals surface area contributed by atoms with Gasteiger partial charge in [-0.2, -0.15) is 0 Å². The van der Waals surface area contributed by atoms with Crippen LogP contribution >= 0.6 is 22.6 Å². The highest BCUT2D eigenvalue weighted by Crippen LogP contribution is 2.23. The number of hydrogen-bond donors (Lipinski definition) is 0. The first-order valence-electron chi connectivity index (χ1n) is 5.73. The lowest BCUT2D eigenvalue weighted by Gasteiger charge is -2.23. The zero-order valence-electron chi connectivity index (χ0n) is 10.2. The van der Waals surface area contributed by atoms with E-state index in [2.05, 4.69) is 29.2 Å². The van der Waals surface area contributed by atoms with Gasteiger partial charge in [-0.3, -0.25) is 4.79 Å². The van der Waals surface area contributed by atoms with Crippen molar-refractivity contribution in [2.75, 3.05) is 6.61 Å². The van der Waals surface area contributed by atoms with E-state index in [-0.39, 0.29) is 21.8 Å². The summed E-state index contributed by atoms with van der Waals surface area (Å²) in [5, 5.41) is 0. The molecule has 0 spiro atoms. The van der Waals surface area contributed by atoms with E-state index in [1.165, 1.54) is 4.90 Å². The monoisotopic (exact) mass is 351 g/mol. The van der Waals surface area contributed by atoms with E-state index >= 15 is 0 Å². The Morgan fingerprint density at radius 1 is 1.71 bits per heavy atom. The number of hydrogen-bond acceptors (Lipinski definition) is 3. The Kier molecular flexibility index (Phi) is 5.42. The Morgan fingerprint density at radius 2 is 2.35 bits per heavy atom. The summed E-state index contributed by atoms with van der Waals surface area (Å²) >= 11 is 2.09. The molecule has 0 N–H and O–H groups in total. The maximum absolute atomic E-state index is 12.2. The molecule has 0 bridgehead atoms. The van der Waals surface area contributed by atoms with Crippen LogP contribution in [-0.2, 0) is 9.53 Å². The molecule has 2 unspecified atom stereocenters. The molecule has 96 valence electrons. The molecule has 0 aromatic rings. The quantitative estimate of drug-likeness (QED) is 0.435. The lowest BCUT2D eigenvalue weighted by atomic mass is 10.1. The molecule has 0 aliphatic carbocycles. The van der Waals surface area contributed by atoms with Crippen molar-refractivity contribution in [2.45, 2.75) is 36.7 Å². The maximum Gasteiger partial charge on any atom is 0.417 e. The van der Waals surface area contributed by atoms with Gasteiger partial charge in [0, 0.05) is 0 Å². The van der Waals surface area contributed by atoms with Crippen molar-refractivity contribution in [3.63, 3.8) is 0 Å². The minimum absolute atomic E-state index is 0.135. The predicted octanol–water partition coefficient (Wildman–Crippen LogP) is 2.76. The third kappa shape index (κ3) is 3.43. The van der Waals surface area contributed by atoms with Crippen molar-refractivity contribution in [3.8, 4) is 0 Å². The molecule has 2 atom stereocenters. The van der Waals surface area contributed by atoms with E-state index in [0.29, 0.717) is 6.61 Å². The second-order valence-electron chi connectivity index (χ2n) is 4.45. The fourth-order valence-electron chi connectivity index (χ4n) is 1.67. The number of alkyl halides is 1. The second kappa shape index (κ2) is 6.37. The number of amides is 2. The van der Waals surface area contributed by atoms with Crippen molar-refractivity contribution in [1.82, 2.24) is 4.90 Å². The van der Waals surface area contributed by atoms with Crippen molar-refractivity contribution in [1.29, 1.82) is 0 Å². The third-order valence-corrected chi connectivity index (χ3v) is 4.69. The van der Waals surface area contributed by atoms with Gasteiger partial charge < -0.3 is 4.74 Å².